The van der Waals surface area contributed by atoms with Gasteiger partial charge < -0.3 is 15.0 Å². The Morgan fingerprint density at radius 3 is 2.80 bits per heavy atom. The van der Waals surface area contributed by atoms with E-state index in [0.717, 1.165) is 31.4 Å². The van der Waals surface area contributed by atoms with Crippen LogP contribution < -0.4 is 10.1 Å². The number of ether oxygens (including phenoxy) is 1. The van der Waals surface area contributed by atoms with Crippen LogP contribution in [0.15, 0.2) is 18.2 Å². The van der Waals surface area contributed by atoms with Crippen LogP contribution in [-0.2, 0) is 11.0 Å². The molecule has 1 aromatic carbocycles. The zero-order valence-electron chi connectivity index (χ0n) is 14.7. The number of halogens is 3. The number of carbonyl (C=O) groups excluding carboxylic acids is 1. The van der Waals surface area contributed by atoms with Crippen LogP contribution >= 0.6 is 0 Å². The fraction of sp³-hybridized carbons (Fsp3) is 0.611. The number of alkyl halides is 3. The number of piperidine rings is 1. The first-order valence-electron chi connectivity index (χ1n) is 8.67. The first-order valence-corrected chi connectivity index (χ1v) is 8.67. The largest absolute Gasteiger partial charge is 0.491 e. The van der Waals surface area contributed by atoms with E-state index < -0.39 is 11.7 Å². The molecule has 140 valence electrons. The van der Waals surface area contributed by atoms with Crippen molar-refractivity contribution in [2.45, 2.75) is 39.3 Å². The maximum Gasteiger partial charge on any atom is 0.416 e. The second-order valence-corrected chi connectivity index (χ2v) is 6.50. The summed E-state index contributed by atoms with van der Waals surface area (Å²) >= 11 is 0. The van der Waals surface area contributed by atoms with Crippen molar-refractivity contribution in [2.75, 3.05) is 31.6 Å². The van der Waals surface area contributed by atoms with Crippen LogP contribution in [0.2, 0.25) is 0 Å². The van der Waals surface area contributed by atoms with E-state index >= 15 is 0 Å². The predicted molar refractivity (Wildman–Crippen MR) is 90.7 cm³/mol. The standard InChI is InChI=1S/C18H25F3N2O2/c1-3-9-25-16-7-6-14(18(19,20)21)10-15(16)22-11-17(24)23-8-4-5-13(2)12-23/h6-7,10,13,22H,3-5,8-9,11-12H2,1-2H3. The molecule has 4 nitrogen and oxygen atoms in total. The summed E-state index contributed by atoms with van der Waals surface area (Å²) in [5, 5.41) is 2.83. The van der Waals surface area contributed by atoms with E-state index in [-0.39, 0.29) is 18.1 Å². The highest BCUT2D eigenvalue weighted by atomic mass is 19.4. The molecule has 0 spiro atoms. The number of likely N-dealkylation sites (tertiary alicyclic amines) is 1. The zero-order valence-corrected chi connectivity index (χ0v) is 14.7. The Bertz CT molecular complexity index is 590. The highest BCUT2D eigenvalue weighted by molar-refractivity contribution is 5.81. The van der Waals surface area contributed by atoms with E-state index in [1.165, 1.54) is 6.07 Å². The van der Waals surface area contributed by atoms with Crippen LogP contribution in [0.5, 0.6) is 5.75 Å². The van der Waals surface area contributed by atoms with Crippen molar-refractivity contribution in [3.8, 4) is 5.75 Å². The van der Waals surface area contributed by atoms with Crippen molar-refractivity contribution < 1.29 is 22.7 Å². The van der Waals surface area contributed by atoms with Crippen LogP contribution in [0, 0.1) is 5.92 Å². The molecular weight excluding hydrogens is 333 g/mol. The average molecular weight is 358 g/mol. The summed E-state index contributed by atoms with van der Waals surface area (Å²) in [6.45, 7) is 5.76. The third kappa shape index (κ3) is 5.54. The summed E-state index contributed by atoms with van der Waals surface area (Å²) in [6.07, 6.45) is -1.64. The zero-order chi connectivity index (χ0) is 18.4. The molecule has 1 saturated heterocycles. The van der Waals surface area contributed by atoms with Gasteiger partial charge in [0.2, 0.25) is 5.91 Å². The lowest BCUT2D eigenvalue weighted by Crippen LogP contribution is -2.42. The second-order valence-electron chi connectivity index (χ2n) is 6.50. The van der Waals surface area contributed by atoms with Gasteiger partial charge in [-0.15, -0.1) is 0 Å². The van der Waals surface area contributed by atoms with Gasteiger partial charge >= 0.3 is 6.18 Å². The number of nitrogens with zero attached hydrogens (tertiary/aromatic N) is 1. The quantitative estimate of drug-likeness (QED) is 0.830. The molecule has 0 bridgehead atoms. The van der Waals surface area contributed by atoms with Gasteiger partial charge in [0, 0.05) is 13.1 Å². The lowest BCUT2D eigenvalue weighted by molar-refractivity contribution is -0.137. The number of benzene rings is 1. The molecular formula is C18H25F3N2O2. The monoisotopic (exact) mass is 358 g/mol. The van der Waals surface area contributed by atoms with Crippen molar-refractivity contribution in [3.63, 3.8) is 0 Å². The van der Waals surface area contributed by atoms with Gasteiger partial charge in [0.25, 0.3) is 0 Å². The molecule has 0 radical (unpaired) electrons. The maximum absolute atomic E-state index is 12.9. The van der Waals surface area contributed by atoms with Crippen LogP contribution in [0.25, 0.3) is 0 Å². The lowest BCUT2D eigenvalue weighted by Gasteiger charge is -2.31. The average Bonchev–Trinajstić information content (AvgIpc) is 2.57. The molecule has 1 aromatic rings. The first-order chi connectivity index (χ1) is 11.8. The van der Waals surface area contributed by atoms with Crippen LogP contribution in [0.3, 0.4) is 0 Å². The summed E-state index contributed by atoms with van der Waals surface area (Å²) in [6, 6.07) is 3.29. The minimum Gasteiger partial charge on any atom is -0.491 e. The fourth-order valence-electron chi connectivity index (χ4n) is 2.88. The molecule has 1 atom stereocenters. The minimum absolute atomic E-state index is 0.0451. The fourth-order valence-corrected chi connectivity index (χ4v) is 2.88. The molecule has 0 aromatic heterocycles. The summed E-state index contributed by atoms with van der Waals surface area (Å²) in [7, 11) is 0. The van der Waals surface area contributed by atoms with Gasteiger partial charge in [-0.2, -0.15) is 13.2 Å². The molecule has 1 heterocycles. The SMILES string of the molecule is CCCOc1ccc(C(F)(F)F)cc1NCC(=O)N1CCCC(C)C1. The van der Waals surface area contributed by atoms with Crippen molar-refractivity contribution in [1.82, 2.24) is 4.90 Å². The predicted octanol–water partition coefficient (Wildman–Crippen LogP) is 4.16. The third-order valence-electron chi connectivity index (χ3n) is 4.21. The van der Waals surface area contributed by atoms with Gasteiger partial charge in [0.15, 0.2) is 0 Å². The molecule has 1 aliphatic heterocycles. The first kappa shape index (κ1) is 19.4. The van der Waals surface area contributed by atoms with Crippen LogP contribution in [0.4, 0.5) is 18.9 Å². The van der Waals surface area contributed by atoms with Gasteiger partial charge in [-0.25, -0.2) is 0 Å². The molecule has 25 heavy (non-hydrogen) atoms. The number of hydrogen-bond donors (Lipinski definition) is 1. The smallest absolute Gasteiger partial charge is 0.416 e. The Balaban J connectivity index is 2.08. The molecule has 1 amide bonds. The Kier molecular flexibility index (Phi) is 6.56. The topological polar surface area (TPSA) is 41.6 Å². The van der Waals surface area contributed by atoms with E-state index in [4.69, 9.17) is 4.74 Å². The van der Waals surface area contributed by atoms with E-state index in [1.54, 1.807) is 4.90 Å². The maximum atomic E-state index is 12.9. The molecule has 2 rings (SSSR count). The van der Waals surface area contributed by atoms with E-state index in [1.807, 2.05) is 6.92 Å². The van der Waals surface area contributed by atoms with E-state index in [9.17, 15) is 18.0 Å². The van der Waals surface area contributed by atoms with Crippen molar-refractivity contribution >= 4 is 11.6 Å². The number of anilines is 1. The summed E-state index contributed by atoms with van der Waals surface area (Å²) in [5.41, 5.74) is -0.570. The molecule has 1 fully saturated rings. The van der Waals surface area contributed by atoms with Crippen LogP contribution in [0.1, 0.15) is 38.7 Å². The molecule has 1 aliphatic rings. The highest BCUT2D eigenvalue weighted by Gasteiger charge is 2.31. The number of nitrogens with one attached hydrogen (secondary N) is 1. The highest BCUT2D eigenvalue weighted by Crippen LogP contribution is 2.35. The van der Waals surface area contributed by atoms with Crippen molar-refractivity contribution in [1.29, 1.82) is 0 Å². The van der Waals surface area contributed by atoms with Gasteiger partial charge in [0.05, 0.1) is 24.4 Å². The Morgan fingerprint density at radius 2 is 2.16 bits per heavy atom. The molecule has 0 aliphatic carbocycles. The van der Waals surface area contributed by atoms with Crippen molar-refractivity contribution in [3.05, 3.63) is 23.8 Å². The Morgan fingerprint density at radius 1 is 1.40 bits per heavy atom. The second kappa shape index (κ2) is 8.45. The summed E-state index contributed by atoms with van der Waals surface area (Å²) in [4.78, 5) is 14.1. The van der Waals surface area contributed by atoms with Crippen molar-refractivity contribution in [2.24, 2.45) is 5.92 Å². The summed E-state index contributed by atoms with van der Waals surface area (Å²) in [5.74, 6) is 0.676. The molecule has 0 saturated carbocycles. The third-order valence-corrected chi connectivity index (χ3v) is 4.21. The van der Waals surface area contributed by atoms with Gasteiger partial charge in [-0.05, 0) is 43.4 Å². The Labute approximate surface area is 146 Å². The molecule has 7 heteroatoms. The number of amides is 1. The Hall–Kier alpha value is -1.92. The molecule has 1 unspecified atom stereocenters. The summed E-state index contributed by atoms with van der Waals surface area (Å²) < 4.78 is 44.3. The van der Waals surface area contributed by atoms with Crippen LogP contribution in [-0.4, -0.2) is 37.0 Å². The van der Waals surface area contributed by atoms with Gasteiger partial charge in [-0.3, -0.25) is 4.79 Å². The van der Waals surface area contributed by atoms with E-state index in [0.29, 0.717) is 31.4 Å². The lowest BCUT2D eigenvalue weighted by atomic mass is 10.0. The normalized spacial score (nSPS) is 18.1. The number of hydrogen-bond acceptors (Lipinski definition) is 3. The van der Waals surface area contributed by atoms with E-state index in [2.05, 4.69) is 12.2 Å². The number of rotatable bonds is 6. The molecule has 1 N–H and O–H groups in total. The minimum atomic E-state index is -4.44. The van der Waals surface area contributed by atoms with Gasteiger partial charge in [-0.1, -0.05) is 13.8 Å². The number of carbonyl (C=O) groups is 1. The van der Waals surface area contributed by atoms with Gasteiger partial charge in [0.1, 0.15) is 5.75 Å².